The molecule has 0 spiro atoms. The molecular weight excluding hydrogens is 318 g/mol. The second-order valence-electron chi connectivity index (χ2n) is 7.81. The van der Waals surface area contributed by atoms with E-state index in [-0.39, 0.29) is 12.0 Å². The van der Waals surface area contributed by atoms with E-state index in [0.29, 0.717) is 24.1 Å². The third kappa shape index (κ3) is 5.51. The van der Waals surface area contributed by atoms with Crippen molar-refractivity contribution in [1.82, 2.24) is 5.32 Å². The van der Waals surface area contributed by atoms with Gasteiger partial charge < -0.3 is 24.6 Å². The van der Waals surface area contributed by atoms with Crippen LogP contribution in [0.1, 0.15) is 52.0 Å². The van der Waals surface area contributed by atoms with Crippen LogP contribution in [0.4, 0.5) is 0 Å². The summed E-state index contributed by atoms with van der Waals surface area (Å²) in [4.78, 5) is 0. The van der Waals surface area contributed by atoms with E-state index in [1.54, 1.807) is 14.2 Å². The molecule has 1 fully saturated rings. The number of aliphatic hydroxyl groups is 1. The Kier molecular flexibility index (Phi) is 6.96. The molecule has 0 aromatic heterocycles. The van der Waals surface area contributed by atoms with Gasteiger partial charge in [0.05, 0.1) is 14.2 Å². The molecule has 0 bridgehead atoms. The van der Waals surface area contributed by atoms with Crippen molar-refractivity contribution in [3.05, 3.63) is 17.7 Å². The standard InChI is InChI=1S/C20H33NO4/c1-20(2,3)17-10-16(23-4)11-18(24-5)19(17)25-13-15(22)12-21-14-8-6-7-9-14/h10-11,14-15,21-22H,6-9,12-13H2,1-5H3. The van der Waals surface area contributed by atoms with Gasteiger partial charge in [0.25, 0.3) is 0 Å². The van der Waals surface area contributed by atoms with Crippen LogP contribution in [0.25, 0.3) is 0 Å². The molecule has 1 saturated carbocycles. The first-order valence-corrected chi connectivity index (χ1v) is 9.16. The Hall–Kier alpha value is -1.46. The maximum Gasteiger partial charge on any atom is 0.165 e. The largest absolute Gasteiger partial charge is 0.497 e. The van der Waals surface area contributed by atoms with Gasteiger partial charge in [-0.15, -0.1) is 0 Å². The lowest BCUT2D eigenvalue weighted by Crippen LogP contribution is -2.36. The predicted octanol–water partition coefficient (Wildman–Crippen LogP) is 3.27. The molecule has 2 rings (SSSR count). The van der Waals surface area contributed by atoms with Crippen molar-refractivity contribution in [2.45, 2.75) is 64.0 Å². The monoisotopic (exact) mass is 351 g/mol. The van der Waals surface area contributed by atoms with Gasteiger partial charge in [-0.1, -0.05) is 33.6 Å². The van der Waals surface area contributed by atoms with Gasteiger partial charge in [0.1, 0.15) is 18.5 Å². The Morgan fingerprint density at radius 2 is 1.84 bits per heavy atom. The van der Waals surface area contributed by atoms with Crippen molar-refractivity contribution >= 4 is 0 Å². The molecule has 5 heteroatoms. The molecule has 1 aromatic carbocycles. The number of nitrogens with one attached hydrogen (secondary N) is 1. The third-order valence-corrected chi connectivity index (χ3v) is 4.71. The fourth-order valence-corrected chi connectivity index (χ4v) is 3.22. The lowest BCUT2D eigenvalue weighted by molar-refractivity contribution is 0.101. The highest BCUT2D eigenvalue weighted by molar-refractivity contribution is 5.54. The molecule has 1 aromatic rings. The van der Waals surface area contributed by atoms with Gasteiger partial charge in [0.2, 0.25) is 0 Å². The minimum atomic E-state index is -0.555. The molecule has 0 radical (unpaired) electrons. The van der Waals surface area contributed by atoms with Crippen molar-refractivity contribution in [2.24, 2.45) is 0 Å². The lowest BCUT2D eigenvalue weighted by Gasteiger charge is -2.26. The van der Waals surface area contributed by atoms with Gasteiger partial charge in [-0.25, -0.2) is 0 Å². The third-order valence-electron chi connectivity index (χ3n) is 4.71. The fraction of sp³-hybridized carbons (Fsp3) is 0.700. The van der Waals surface area contributed by atoms with Crippen LogP contribution in [0.3, 0.4) is 0 Å². The molecule has 0 saturated heterocycles. The van der Waals surface area contributed by atoms with Crippen molar-refractivity contribution in [3.63, 3.8) is 0 Å². The van der Waals surface area contributed by atoms with Crippen molar-refractivity contribution in [1.29, 1.82) is 0 Å². The normalized spacial score (nSPS) is 16.7. The molecule has 25 heavy (non-hydrogen) atoms. The van der Waals surface area contributed by atoms with Crippen molar-refractivity contribution in [2.75, 3.05) is 27.4 Å². The van der Waals surface area contributed by atoms with E-state index in [9.17, 15) is 5.11 Å². The highest BCUT2D eigenvalue weighted by Crippen LogP contribution is 2.41. The van der Waals surface area contributed by atoms with Crippen molar-refractivity contribution < 1.29 is 19.3 Å². The zero-order valence-electron chi connectivity index (χ0n) is 16.2. The molecule has 0 amide bonds. The Morgan fingerprint density at radius 3 is 2.40 bits per heavy atom. The number of ether oxygens (including phenoxy) is 3. The highest BCUT2D eigenvalue weighted by Gasteiger charge is 2.25. The van der Waals surface area contributed by atoms with E-state index in [2.05, 4.69) is 26.1 Å². The molecule has 2 N–H and O–H groups in total. The Balaban J connectivity index is 2.06. The molecule has 1 atom stereocenters. The van der Waals surface area contributed by atoms with Crippen LogP contribution in [0.2, 0.25) is 0 Å². The van der Waals surface area contributed by atoms with Gasteiger partial charge in [0.15, 0.2) is 11.5 Å². The Bertz CT molecular complexity index is 547. The summed E-state index contributed by atoms with van der Waals surface area (Å²) in [6.07, 6.45) is 4.41. The van der Waals surface area contributed by atoms with E-state index in [1.807, 2.05) is 12.1 Å². The number of hydrogen-bond donors (Lipinski definition) is 2. The smallest absolute Gasteiger partial charge is 0.165 e. The maximum atomic E-state index is 10.3. The van der Waals surface area contributed by atoms with Crippen molar-refractivity contribution in [3.8, 4) is 17.2 Å². The first-order chi connectivity index (χ1) is 11.8. The second-order valence-corrected chi connectivity index (χ2v) is 7.81. The molecule has 1 aliphatic carbocycles. The first-order valence-electron chi connectivity index (χ1n) is 9.16. The van der Waals surface area contributed by atoms with Crippen LogP contribution < -0.4 is 19.5 Å². The number of aliphatic hydroxyl groups excluding tert-OH is 1. The zero-order valence-corrected chi connectivity index (χ0v) is 16.2. The van der Waals surface area contributed by atoms with E-state index in [0.717, 1.165) is 11.3 Å². The van der Waals surface area contributed by atoms with E-state index >= 15 is 0 Å². The summed E-state index contributed by atoms with van der Waals surface area (Å²) in [6.45, 7) is 7.13. The Morgan fingerprint density at radius 1 is 1.16 bits per heavy atom. The zero-order chi connectivity index (χ0) is 18.4. The minimum Gasteiger partial charge on any atom is -0.497 e. The topological polar surface area (TPSA) is 60.0 Å². The second kappa shape index (κ2) is 8.77. The number of benzene rings is 1. The summed E-state index contributed by atoms with van der Waals surface area (Å²) < 4.78 is 16.9. The average Bonchev–Trinajstić information content (AvgIpc) is 3.10. The van der Waals surface area contributed by atoms with Crippen LogP contribution in [0.15, 0.2) is 12.1 Å². The summed E-state index contributed by atoms with van der Waals surface area (Å²) in [6, 6.07) is 4.32. The molecule has 142 valence electrons. The predicted molar refractivity (Wildman–Crippen MR) is 100 cm³/mol. The summed E-state index contributed by atoms with van der Waals surface area (Å²) in [5.41, 5.74) is 0.865. The van der Waals surface area contributed by atoms with Crippen LogP contribution in [0.5, 0.6) is 17.2 Å². The molecule has 0 heterocycles. The number of rotatable bonds is 8. The number of hydrogen-bond acceptors (Lipinski definition) is 5. The summed E-state index contributed by atoms with van der Waals surface area (Å²) in [5, 5.41) is 13.7. The fourth-order valence-electron chi connectivity index (χ4n) is 3.22. The van der Waals surface area contributed by atoms with Crippen LogP contribution in [0, 0.1) is 0 Å². The maximum absolute atomic E-state index is 10.3. The Labute approximate surface area is 151 Å². The minimum absolute atomic E-state index is 0.135. The van der Waals surface area contributed by atoms with Gasteiger partial charge in [-0.3, -0.25) is 0 Å². The highest BCUT2D eigenvalue weighted by atomic mass is 16.5. The SMILES string of the molecule is COc1cc(OC)c(OCC(O)CNC2CCCC2)c(C(C)(C)C)c1. The molecule has 1 aliphatic rings. The summed E-state index contributed by atoms with van der Waals surface area (Å²) >= 11 is 0. The lowest BCUT2D eigenvalue weighted by atomic mass is 9.86. The van der Waals surface area contributed by atoms with Crippen LogP contribution in [-0.4, -0.2) is 44.6 Å². The molecule has 0 aliphatic heterocycles. The van der Waals surface area contributed by atoms with Gasteiger partial charge in [0, 0.05) is 24.2 Å². The summed E-state index contributed by atoms with van der Waals surface area (Å²) in [5.74, 6) is 2.04. The summed E-state index contributed by atoms with van der Waals surface area (Å²) in [7, 11) is 3.26. The van der Waals surface area contributed by atoms with Crippen LogP contribution in [-0.2, 0) is 5.41 Å². The van der Waals surface area contributed by atoms with Crippen LogP contribution >= 0.6 is 0 Å². The average molecular weight is 351 g/mol. The van der Waals surface area contributed by atoms with E-state index in [4.69, 9.17) is 14.2 Å². The first kappa shape index (κ1) is 19.9. The number of methoxy groups -OCH3 is 2. The van der Waals surface area contributed by atoms with Gasteiger partial charge >= 0.3 is 0 Å². The van der Waals surface area contributed by atoms with Gasteiger partial charge in [-0.2, -0.15) is 0 Å². The molecular formula is C20H33NO4. The molecule has 5 nitrogen and oxygen atoms in total. The van der Waals surface area contributed by atoms with Gasteiger partial charge in [-0.05, 0) is 24.3 Å². The van der Waals surface area contributed by atoms with E-state index in [1.165, 1.54) is 25.7 Å². The quantitative estimate of drug-likeness (QED) is 0.753. The molecule has 1 unspecified atom stereocenters. The van der Waals surface area contributed by atoms with E-state index < -0.39 is 6.10 Å².